The average Bonchev–Trinajstić information content (AvgIpc) is 2.91. The van der Waals surface area contributed by atoms with Crippen molar-refractivity contribution in [2.45, 2.75) is 26.3 Å². The van der Waals surface area contributed by atoms with Gasteiger partial charge in [0.25, 0.3) is 0 Å². The molecule has 4 nitrogen and oxygen atoms in total. The highest BCUT2D eigenvalue weighted by Gasteiger charge is 2.10. The number of pyridine rings is 1. The molecule has 0 unspecified atom stereocenters. The molecule has 3 rings (SSSR count). The molecule has 0 radical (unpaired) electrons. The highest BCUT2D eigenvalue weighted by atomic mass is 15.3. The summed E-state index contributed by atoms with van der Waals surface area (Å²) in [4.78, 5) is 4.78. The van der Waals surface area contributed by atoms with E-state index >= 15 is 0 Å². The van der Waals surface area contributed by atoms with Crippen LogP contribution >= 0.6 is 0 Å². The van der Waals surface area contributed by atoms with Crippen molar-refractivity contribution < 1.29 is 0 Å². The van der Waals surface area contributed by atoms with Gasteiger partial charge in [0.1, 0.15) is 0 Å². The predicted octanol–water partition coefficient (Wildman–Crippen LogP) is 3.26. The van der Waals surface area contributed by atoms with Crippen molar-refractivity contribution in [2.24, 2.45) is 0 Å². The third-order valence-corrected chi connectivity index (χ3v) is 3.56. The van der Waals surface area contributed by atoms with Gasteiger partial charge in [-0.1, -0.05) is 32.0 Å². The van der Waals surface area contributed by atoms with Crippen molar-refractivity contribution in [1.82, 2.24) is 20.1 Å². The fourth-order valence-electron chi connectivity index (χ4n) is 2.46. The normalized spacial score (nSPS) is 11.4. The lowest BCUT2D eigenvalue weighted by atomic mass is 10.1. The predicted molar refractivity (Wildman–Crippen MR) is 85.7 cm³/mol. The van der Waals surface area contributed by atoms with E-state index in [9.17, 15) is 0 Å². The Balaban J connectivity index is 2.16. The zero-order valence-electron chi connectivity index (χ0n) is 12.7. The maximum atomic E-state index is 4.78. The van der Waals surface area contributed by atoms with Crippen LogP contribution in [-0.2, 0) is 6.54 Å². The summed E-state index contributed by atoms with van der Waals surface area (Å²) in [5, 5.41) is 8.83. The maximum absolute atomic E-state index is 4.78. The Labute approximate surface area is 124 Å². The molecule has 0 atom stereocenters. The lowest BCUT2D eigenvalue weighted by Crippen LogP contribution is -2.09. The Kier molecular flexibility index (Phi) is 3.71. The molecule has 21 heavy (non-hydrogen) atoms. The first-order valence-corrected chi connectivity index (χ1v) is 7.27. The molecule has 2 heterocycles. The van der Waals surface area contributed by atoms with Crippen LogP contribution in [0.1, 0.15) is 31.0 Å². The Hall–Kier alpha value is -2.20. The van der Waals surface area contributed by atoms with E-state index in [0.29, 0.717) is 5.92 Å². The molecule has 0 bridgehead atoms. The highest BCUT2D eigenvalue weighted by molar-refractivity contribution is 5.79. The number of nitrogens with zero attached hydrogens (tertiary/aromatic N) is 3. The van der Waals surface area contributed by atoms with Crippen LogP contribution in [0.2, 0.25) is 0 Å². The molecule has 2 aromatic heterocycles. The third kappa shape index (κ3) is 2.67. The number of benzene rings is 1. The van der Waals surface area contributed by atoms with Gasteiger partial charge in [0.15, 0.2) is 5.82 Å². The monoisotopic (exact) mass is 280 g/mol. The Morgan fingerprint density at radius 2 is 2.00 bits per heavy atom. The standard InChI is InChI=1S/C17H20N4/c1-12(2)15-8-13(10-18-3)9-17(20-15)21-16-7-5-4-6-14(16)11-19-21/h4-9,11-12,18H,10H2,1-3H3. The van der Waals surface area contributed by atoms with Gasteiger partial charge in [-0.2, -0.15) is 5.10 Å². The summed E-state index contributed by atoms with van der Waals surface area (Å²) in [6.45, 7) is 5.15. The van der Waals surface area contributed by atoms with Crippen molar-refractivity contribution in [2.75, 3.05) is 7.05 Å². The molecule has 0 saturated carbocycles. The van der Waals surface area contributed by atoms with Crippen molar-refractivity contribution in [3.63, 3.8) is 0 Å². The molecule has 3 aromatic rings. The summed E-state index contributed by atoms with van der Waals surface area (Å²) in [5.74, 6) is 1.27. The highest BCUT2D eigenvalue weighted by Crippen LogP contribution is 2.21. The van der Waals surface area contributed by atoms with Gasteiger partial charge >= 0.3 is 0 Å². The number of nitrogens with one attached hydrogen (secondary N) is 1. The van der Waals surface area contributed by atoms with E-state index in [1.54, 1.807) is 0 Å². The van der Waals surface area contributed by atoms with Crippen molar-refractivity contribution in [3.8, 4) is 5.82 Å². The Morgan fingerprint density at radius 3 is 2.76 bits per heavy atom. The second kappa shape index (κ2) is 5.66. The van der Waals surface area contributed by atoms with Crippen molar-refractivity contribution >= 4 is 10.9 Å². The number of hydrogen-bond acceptors (Lipinski definition) is 3. The summed E-state index contributed by atoms with van der Waals surface area (Å²) in [6, 6.07) is 12.5. The van der Waals surface area contributed by atoms with E-state index in [1.165, 1.54) is 5.56 Å². The molecule has 0 aliphatic rings. The summed E-state index contributed by atoms with van der Waals surface area (Å²) < 4.78 is 1.92. The van der Waals surface area contributed by atoms with Crippen molar-refractivity contribution in [3.05, 3.63) is 53.9 Å². The van der Waals surface area contributed by atoms with Gasteiger partial charge in [-0.05, 0) is 36.7 Å². The van der Waals surface area contributed by atoms with Crippen LogP contribution in [0, 0.1) is 0 Å². The van der Waals surface area contributed by atoms with Gasteiger partial charge in [0.2, 0.25) is 0 Å². The smallest absolute Gasteiger partial charge is 0.154 e. The molecule has 1 aromatic carbocycles. The molecular weight excluding hydrogens is 260 g/mol. The van der Waals surface area contributed by atoms with Crippen molar-refractivity contribution in [1.29, 1.82) is 0 Å². The average molecular weight is 280 g/mol. The summed E-state index contributed by atoms with van der Waals surface area (Å²) in [7, 11) is 1.96. The first kappa shape index (κ1) is 13.8. The lowest BCUT2D eigenvalue weighted by molar-refractivity contribution is 0.767. The second-order valence-electron chi connectivity index (χ2n) is 5.56. The SMILES string of the molecule is CNCc1cc(C(C)C)nc(-n2ncc3ccccc32)c1. The first-order chi connectivity index (χ1) is 10.2. The summed E-state index contributed by atoms with van der Waals surface area (Å²) in [5.41, 5.74) is 3.41. The quantitative estimate of drug-likeness (QED) is 0.797. The topological polar surface area (TPSA) is 42.7 Å². The van der Waals surface area contributed by atoms with Crippen LogP contribution in [0.25, 0.3) is 16.7 Å². The molecule has 4 heteroatoms. The zero-order valence-corrected chi connectivity index (χ0v) is 12.7. The van der Waals surface area contributed by atoms with Crippen LogP contribution in [0.5, 0.6) is 0 Å². The molecule has 1 N–H and O–H groups in total. The van der Waals surface area contributed by atoms with Crippen LogP contribution in [0.3, 0.4) is 0 Å². The molecule has 0 amide bonds. The minimum Gasteiger partial charge on any atom is -0.316 e. The molecule has 0 saturated heterocycles. The lowest BCUT2D eigenvalue weighted by Gasteiger charge is -2.11. The van der Waals surface area contributed by atoms with Gasteiger partial charge in [0.05, 0.1) is 11.7 Å². The zero-order chi connectivity index (χ0) is 14.8. The number of fused-ring (bicyclic) bond motifs is 1. The fraction of sp³-hybridized carbons (Fsp3) is 0.294. The first-order valence-electron chi connectivity index (χ1n) is 7.27. The largest absolute Gasteiger partial charge is 0.316 e. The van der Waals surface area contributed by atoms with Crippen LogP contribution < -0.4 is 5.32 Å². The summed E-state index contributed by atoms with van der Waals surface area (Å²) in [6.07, 6.45) is 1.89. The van der Waals surface area contributed by atoms with E-state index in [4.69, 9.17) is 4.98 Å². The van der Waals surface area contributed by atoms with E-state index in [1.807, 2.05) is 30.1 Å². The van der Waals surface area contributed by atoms with Crippen LogP contribution in [0.4, 0.5) is 0 Å². The fourth-order valence-corrected chi connectivity index (χ4v) is 2.46. The van der Waals surface area contributed by atoms with Crippen LogP contribution in [0.15, 0.2) is 42.6 Å². The van der Waals surface area contributed by atoms with E-state index < -0.39 is 0 Å². The van der Waals surface area contributed by atoms with Gasteiger partial charge < -0.3 is 5.32 Å². The van der Waals surface area contributed by atoms with E-state index in [0.717, 1.165) is 29.0 Å². The van der Waals surface area contributed by atoms with Crippen LogP contribution in [-0.4, -0.2) is 21.8 Å². The molecule has 0 fully saturated rings. The van der Waals surface area contributed by atoms with Gasteiger partial charge in [-0.25, -0.2) is 9.67 Å². The number of para-hydroxylation sites is 1. The minimum atomic E-state index is 0.391. The second-order valence-corrected chi connectivity index (χ2v) is 5.56. The van der Waals surface area contributed by atoms with E-state index in [2.05, 4.69) is 48.5 Å². The summed E-state index contributed by atoms with van der Waals surface area (Å²) >= 11 is 0. The molecule has 0 aliphatic heterocycles. The van der Waals surface area contributed by atoms with Gasteiger partial charge in [0, 0.05) is 17.6 Å². The van der Waals surface area contributed by atoms with Gasteiger partial charge in [-0.15, -0.1) is 0 Å². The van der Waals surface area contributed by atoms with E-state index in [-0.39, 0.29) is 0 Å². The molecule has 0 spiro atoms. The number of hydrogen-bond donors (Lipinski definition) is 1. The maximum Gasteiger partial charge on any atom is 0.154 e. The molecule has 108 valence electrons. The van der Waals surface area contributed by atoms with Gasteiger partial charge in [-0.3, -0.25) is 0 Å². The third-order valence-electron chi connectivity index (χ3n) is 3.56. The Bertz CT molecular complexity index is 758. The molecule has 0 aliphatic carbocycles. The minimum absolute atomic E-state index is 0.391. The molecular formula is C17H20N4. The Morgan fingerprint density at radius 1 is 1.19 bits per heavy atom. The number of aromatic nitrogens is 3. The number of rotatable bonds is 4.